The van der Waals surface area contributed by atoms with Crippen LogP contribution in [0, 0.1) is 11.3 Å². The lowest BCUT2D eigenvalue weighted by Gasteiger charge is -2.14. The summed E-state index contributed by atoms with van der Waals surface area (Å²) in [5.74, 6) is -0.508. The Balaban J connectivity index is 1.88. The van der Waals surface area contributed by atoms with Gasteiger partial charge in [-0.05, 0) is 54.6 Å². The summed E-state index contributed by atoms with van der Waals surface area (Å²) in [6.07, 6.45) is 3.45. The summed E-state index contributed by atoms with van der Waals surface area (Å²) in [4.78, 5) is 14.5. The number of nitrogens with zero attached hydrogens (tertiary/aromatic N) is 3. The number of hydrogen-bond acceptors (Lipinski definition) is 3. The van der Waals surface area contributed by atoms with Crippen molar-refractivity contribution in [1.82, 2.24) is 4.57 Å². The number of aromatic nitrogens is 1. The van der Waals surface area contributed by atoms with Crippen LogP contribution in [-0.2, 0) is 4.79 Å². The summed E-state index contributed by atoms with van der Waals surface area (Å²) in [6.45, 7) is 0. The minimum Gasteiger partial charge on any atom is -0.378 e. The molecule has 1 amide bonds. The van der Waals surface area contributed by atoms with Crippen LogP contribution in [-0.4, -0.2) is 24.6 Å². The van der Waals surface area contributed by atoms with Gasteiger partial charge in [-0.3, -0.25) is 4.79 Å². The summed E-state index contributed by atoms with van der Waals surface area (Å²) in [7, 11) is 3.96. The van der Waals surface area contributed by atoms with E-state index < -0.39 is 5.91 Å². The first-order valence-electron chi connectivity index (χ1n) is 8.62. The molecule has 2 aromatic carbocycles. The SMILES string of the molecule is CN(C)c1ccc(-n2cccc2/C=C(/C#N)C(=O)Nc2ccccc2Cl)cc1. The highest BCUT2D eigenvalue weighted by Crippen LogP contribution is 2.22. The van der Waals surface area contributed by atoms with E-state index in [2.05, 4.69) is 5.32 Å². The second-order valence-electron chi connectivity index (χ2n) is 6.32. The van der Waals surface area contributed by atoms with Gasteiger partial charge >= 0.3 is 0 Å². The summed E-state index contributed by atoms with van der Waals surface area (Å²) in [6, 6.07) is 20.6. The third kappa shape index (κ3) is 4.25. The molecular formula is C22H19ClN4O. The second kappa shape index (κ2) is 8.47. The topological polar surface area (TPSA) is 61.1 Å². The smallest absolute Gasteiger partial charge is 0.266 e. The molecule has 3 aromatic rings. The number of hydrogen-bond donors (Lipinski definition) is 1. The van der Waals surface area contributed by atoms with Gasteiger partial charge in [0.25, 0.3) is 5.91 Å². The Bertz CT molecular complexity index is 1060. The number of anilines is 2. The number of amides is 1. The van der Waals surface area contributed by atoms with Crippen molar-refractivity contribution in [2.75, 3.05) is 24.3 Å². The maximum atomic E-state index is 12.5. The van der Waals surface area contributed by atoms with Gasteiger partial charge in [-0.25, -0.2) is 0 Å². The van der Waals surface area contributed by atoms with Crippen LogP contribution in [0.25, 0.3) is 11.8 Å². The highest BCUT2D eigenvalue weighted by Gasteiger charge is 2.12. The molecule has 0 aliphatic rings. The minimum atomic E-state index is -0.508. The maximum Gasteiger partial charge on any atom is 0.266 e. The lowest BCUT2D eigenvalue weighted by Crippen LogP contribution is -2.14. The number of carbonyl (C=O) groups is 1. The molecule has 0 atom stereocenters. The van der Waals surface area contributed by atoms with E-state index in [9.17, 15) is 10.1 Å². The van der Waals surface area contributed by atoms with E-state index in [-0.39, 0.29) is 5.57 Å². The van der Waals surface area contributed by atoms with Gasteiger partial charge in [-0.15, -0.1) is 0 Å². The molecule has 0 saturated carbocycles. The molecule has 28 heavy (non-hydrogen) atoms. The van der Waals surface area contributed by atoms with Gasteiger partial charge in [-0.2, -0.15) is 5.26 Å². The van der Waals surface area contributed by atoms with Gasteiger partial charge in [0.05, 0.1) is 10.7 Å². The molecule has 0 saturated heterocycles. The molecule has 3 rings (SSSR count). The normalized spacial score (nSPS) is 11.0. The quantitative estimate of drug-likeness (QED) is 0.505. The van der Waals surface area contributed by atoms with Crippen LogP contribution in [0.4, 0.5) is 11.4 Å². The van der Waals surface area contributed by atoms with Crippen LogP contribution in [0.5, 0.6) is 0 Å². The van der Waals surface area contributed by atoms with Crippen LogP contribution in [0.2, 0.25) is 5.02 Å². The molecule has 5 nitrogen and oxygen atoms in total. The monoisotopic (exact) mass is 390 g/mol. The zero-order valence-electron chi connectivity index (χ0n) is 15.6. The number of carbonyl (C=O) groups excluding carboxylic acids is 1. The highest BCUT2D eigenvalue weighted by atomic mass is 35.5. The van der Waals surface area contributed by atoms with Crippen LogP contribution in [0.15, 0.2) is 72.4 Å². The molecule has 0 aliphatic carbocycles. The van der Waals surface area contributed by atoms with E-state index in [0.717, 1.165) is 17.1 Å². The molecule has 0 unspecified atom stereocenters. The van der Waals surface area contributed by atoms with Crippen molar-refractivity contribution in [2.45, 2.75) is 0 Å². The second-order valence-corrected chi connectivity index (χ2v) is 6.72. The van der Waals surface area contributed by atoms with E-state index in [1.807, 2.05) is 72.2 Å². The average molecular weight is 391 g/mol. The van der Waals surface area contributed by atoms with Gasteiger partial charge < -0.3 is 14.8 Å². The van der Waals surface area contributed by atoms with Crippen molar-refractivity contribution < 1.29 is 4.79 Å². The number of benzene rings is 2. The zero-order chi connectivity index (χ0) is 20.1. The summed E-state index contributed by atoms with van der Waals surface area (Å²) >= 11 is 6.07. The minimum absolute atomic E-state index is 0.00946. The van der Waals surface area contributed by atoms with Gasteiger partial charge in [0.1, 0.15) is 11.6 Å². The molecule has 0 spiro atoms. The van der Waals surface area contributed by atoms with E-state index in [0.29, 0.717) is 10.7 Å². The largest absolute Gasteiger partial charge is 0.378 e. The Labute approximate surface area is 169 Å². The zero-order valence-corrected chi connectivity index (χ0v) is 16.3. The van der Waals surface area contributed by atoms with Gasteiger partial charge in [0, 0.05) is 37.4 Å². The molecular weight excluding hydrogens is 372 g/mol. The van der Waals surface area contributed by atoms with Crippen LogP contribution in [0.3, 0.4) is 0 Å². The third-order valence-corrected chi connectivity index (χ3v) is 4.53. The van der Waals surface area contributed by atoms with E-state index in [1.165, 1.54) is 0 Å². The number of para-hydroxylation sites is 1. The van der Waals surface area contributed by atoms with Gasteiger partial charge in [0.2, 0.25) is 0 Å². The molecule has 0 radical (unpaired) electrons. The number of halogens is 1. The molecule has 140 valence electrons. The van der Waals surface area contributed by atoms with E-state index >= 15 is 0 Å². The van der Waals surface area contributed by atoms with Crippen molar-refractivity contribution in [2.24, 2.45) is 0 Å². The average Bonchev–Trinajstić information content (AvgIpc) is 3.16. The molecule has 6 heteroatoms. The molecule has 1 heterocycles. The Morgan fingerprint density at radius 2 is 1.82 bits per heavy atom. The lowest BCUT2D eigenvalue weighted by atomic mass is 10.2. The van der Waals surface area contributed by atoms with Crippen LogP contribution >= 0.6 is 11.6 Å². The van der Waals surface area contributed by atoms with Gasteiger partial charge in [0.15, 0.2) is 0 Å². The Morgan fingerprint density at radius 3 is 2.46 bits per heavy atom. The first-order chi connectivity index (χ1) is 13.5. The van der Waals surface area contributed by atoms with Crippen LogP contribution in [0.1, 0.15) is 5.69 Å². The number of nitrogens with one attached hydrogen (secondary N) is 1. The highest BCUT2D eigenvalue weighted by molar-refractivity contribution is 6.34. The number of nitriles is 1. The Morgan fingerprint density at radius 1 is 1.11 bits per heavy atom. The van der Waals surface area contributed by atoms with E-state index in [4.69, 9.17) is 11.6 Å². The predicted molar refractivity (Wildman–Crippen MR) is 114 cm³/mol. The summed E-state index contributed by atoms with van der Waals surface area (Å²) in [5, 5.41) is 12.6. The van der Waals surface area contributed by atoms with Crippen LogP contribution < -0.4 is 10.2 Å². The van der Waals surface area contributed by atoms with Crippen molar-refractivity contribution >= 4 is 35.0 Å². The fourth-order valence-electron chi connectivity index (χ4n) is 2.71. The lowest BCUT2D eigenvalue weighted by molar-refractivity contribution is -0.112. The fourth-order valence-corrected chi connectivity index (χ4v) is 2.89. The van der Waals surface area contributed by atoms with Crippen molar-refractivity contribution in [3.8, 4) is 11.8 Å². The van der Waals surface area contributed by atoms with E-state index in [1.54, 1.807) is 30.3 Å². The maximum absolute atomic E-state index is 12.5. The Kier molecular flexibility index (Phi) is 5.83. The van der Waals surface area contributed by atoms with Gasteiger partial charge in [-0.1, -0.05) is 23.7 Å². The third-order valence-electron chi connectivity index (χ3n) is 4.20. The molecule has 0 fully saturated rings. The van der Waals surface area contributed by atoms with Crippen molar-refractivity contribution in [3.63, 3.8) is 0 Å². The molecule has 0 aliphatic heterocycles. The summed E-state index contributed by atoms with van der Waals surface area (Å²) in [5.41, 5.74) is 3.20. The standard InChI is InChI=1S/C22H19ClN4O/c1-26(2)17-9-11-18(12-10-17)27-13-5-6-19(27)14-16(15-24)22(28)25-21-8-4-3-7-20(21)23/h3-14H,1-2H3,(H,25,28)/b16-14-. The Hall–Kier alpha value is -3.49. The molecule has 1 aromatic heterocycles. The van der Waals surface area contributed by atoms with Crippen molar-refractivity contribution in [3.05, 3.63) is 83.2 Å². The van der Waals surface area contributed by atoms with Crippen molar-refractivity contribution in [1.29, 1.82) is 5.26 Å². The first kappa shape index (κ1) is 19.3. The molecule has 1 N–H and O–H groups in total. The predicted octanol–water partition coefficient (Wildman–Crippen LogP) is 4.74. The summed E-state index contributed by atoms with van der Waals surface area (Å²) < 4.78 is 1.92. The first-order valence-corrected chi connectivity index (χ1v) is 9.00. The molecule has 0 bridgehead atoms. The number of rotatable bonds is 5. The fraction of sp³-hybridized carbons (Fsp3) is 0.0909.